The molecule has 0 spiro atoms. The maximum absolute atomic E-state index is 6.09. The van der Waals surface area contributed by atoms with Gasteiger partial charge in [0.1, 0.15) is 17.3 Å². The highest BCUT2D eigenvalue weighted by Crippen LogP contribution is 2.36. The number of benzene rings is 2. The minimum absolute atomic E-state index is 0.622. The molecule has 0 unspecified atom stereocenters. The van der Waals surface area contributed by atoms with E-state index in [1.165, 1.54) is 16.7 Å². The summed E-state index contributed by atoms with van der Waals surface area (Å²) < 4.78 is 16.9. The molecule has 6 heteroatoms. The van der Waals surface area contributed by atoms with Crippen molar-refractivity contribution >= 4 is 16.7 Å². The zero-order valence-corrected chi connectivity index (χ0v) is 18.1. The third-order valence-corrected chi connectivity index (χ3v) is 5.13. The summed E-state index contributed by atoms with van der Waals surface area (Å²) in [6.07, 6.45) is 3.41. The van der Waals surface area contributed by atoms with E-state index in [0.717, 1.165) is 23.3 Å². The number of hydrogen-bond acceptors (Lipinski definition) is 6. The molecule has 0 radical (unpaired) electrons. The third kappa shape index (κ3) is 4.53. The molecular weight excluding hydrogens is 390 g/mol. The highest BCUT2D eigenvalue weighted by atomic mass is 16.5. The lowest BCUT2D eigenvalue weighted by atomic mass is 10.1. The molecular formula is C25H25N3O3. The number of anilines is 1. The van der Waals surface area contributed by atoms with E-state index >= 15 is 0 Å². The number of aryl methyl sites for hydroxylation is 2. The van der Waals surface area contributed by atoms with Crippen LogP contribution in [0.4, 0.5) is 5.82 Å². The number of fused-ring (bicyclic) bond motifs is 1. The van der Waals surface area contributed by atoms with E-state index in [-0.39, 0.29) is 0 Å². The SMILES string of the molecule is COc1cc2nccc(Oc3ccc(NCc4ccc(C)cc4C)nc3)c2cc1OC. The van der Waals surface area contributed by atoms with Gasteiger partial charge in [0.25, 0.3) is 0 Å². The Balaban J connectivity index is 1.50. The van der Waals surface area contributed by atoms with Gasteiger partial charge >= 0.3 is 0 Å². The Morgan fingerprint density at radius 1 is 0.839 bits per heavy atom. The lowest BCUT2D eigenvalue weighted by molar-refractivity contribution is 0.355. The van der Waals surface area contributed by atoms with Crippen LogP contribution in [0.25, 0.3) is 10.9 Å². The Hall–Kier alpha value is -3.80. The fourth-order valence-electron chi connectivity index (χ4n) is 3.44. The molecule has 0 fully saturated rings. The second-order valence-electron chi connectivity index (χ2n) is 7.30. The van der Waals surface area contributed by atoms with Crippen LogP contribution in [0.3, 0.4) is 0 Å². The second-order valence-corrected chi connectivity index (χ2v) is 7.30. The van der Waals surface area contributed by atoms with Gasteiger partial charge in [-0.25, -0.2) is 4.98 Å². The molecule has 158 valence electrons. The molecule has 1 N–H and O–H groups in total. The van der Waals surface area contributed by atoms with E-state index in [9.17, 15) is 0 Å². The molecule has 0 saturated carbocycles. The van der Waals surface area contributed by atoms with Gasteiger partial charge in [0, 0.05) is 24.2 Å². The van der Waals surface area contributed by atoms with E-state index in [1.807, 2.05) is 30.3 Å². The summed E-state index contributed by atoms with van der Waals surface area (Å²) in [5, 5.41) is 4.19. The van der Waals surface area contributed by atoms with Crippen molar-refractivity contribution in [3.05, 3.63) is 77.6 Å². The van der Waals surface area contributed by atoms with Crippen LogP contribution in [0, 0.1) is 13.8 Å². The highest BCUT2D eigenvalue weighted by Gasteiger charge is 2.11. The average molecular weight is 415 g/mol. The van der Waals surface area contributed by atoms with Gasteiger partial charge in [-0.05, 0) is 49.2 Å². The first-order valence-corrected chi connectivity index (χ1v) is 10.0. The summed E-state index contributed by atoms with van der Waals surface area (Å²) in [6, 6.07) is 15.8. The zero-order valence-electron chi connectivity index (χ0n) is 18.1. The van der Waals surface area contributed by atoms with E-state index < -0.39 is 0 Å². The van der Waals surface area contributed by atoms with Crippen molar-refractivity contribution in [2.24, 2.45) is 0 Å². The summed E-state index contributed by atoms with van der Waals surface area (Å²) in [5.41, 5.74) is 4.54. The number of hydrogen-bond donors (Lipinski definition) is 1. The van der Waals surface area contributed by atoms with Gasteiger partial charge < -0.3 is 19.5 Å². The Bertz CT molecular complexity index is 1210. The molecule has 31 heavy (non-hydrogen) atoms. The lowest BCUT2D eigenvalue weighted by Crippen LogP contribution is -2.03. The third-order valence-electron chi connectivity index (χ3n) is 5.13. The van der Waals surface area contributed by atoms with Crippen LogP contribution >= 0.6 is 0 Å². The first-order valence-electron chi connectivity index (χ1n) is 10.0. The Morgan fingerprint density at radius 2 is 1.65 bits per heavy atom. The predicted octanol–water partition coefficient (Wildman–Crippen LogP) is 5.67. The fourth-order valence-corrected chi connectivity index (χ4v) is 3.44. The number of pyridine rings is 2. The molecule has 2 aromatic carbocycles. The fraction of sp³-hybridized carbons (Fsp3) is 0.200. The van der Waals surface area contributed by atoms with Gasteiger partial charge in [-0.2, -0.15) is 0 Å². The quantitative estimate of drug-likeness (QED) is 0.420. The van der Waals surface area contributed by atoms with Gasteiger partial charge in [-0.1, -0.05) is 23.8 Å². The number of methoxy groups -OCH3 is 2. The summed E-state index contributed by atoms with van der Waals surface area (Å²) in [4.78, 5) is 8.89. The van der Waals surface area contributed by atoms with Crippen molar-refractivity contribution in [2.75, 3.05) is 19.5 Å². The monoisotopic (exact) mass is 415 g/mol. The van der Waals surface area contributed by atoms with Gasteiger partial charge in [0.05, 0.1) is 25.9 Å². The van der Waals surface area contributed by atoms with Crippen molar-refractivity contribution < 1.29 is 14.2 Å². The highest BCUT2D eigenvalue weighted by molar-refractivity contribution is 5.88. The zero-order chi connectivity index (χ0) is 21.8. The molecule has 0 bridgehead atoms. The van der Waals surface area contributed by atoms with E-state index in [2.05, 4.69) is 47.3 Å². The normalized spacial score (nSPS) is 10.7. The smallest absolute Gasteiger partial charge is 0.162 e. The van der Waals surface area contributed by atoms with Crippen molar-refractivity contribution in [2.45, 2.75) is 20.4 Å². The Labute approximate surface area is 181 Å². The first-order chi connectivity index (χ1) is 15.1. The van der Waals surface area contributed by atoms with Crippen molar-refractivity contribution in [1.82, 2.24) is 9.97 Å². The number of aromatic nitrogens is 2. The molecule has 6 nitrogen and oxygen atoms in total. The topological polar surface area (TPSA) is 65.5 Å². The molecule has 2 heterocycles. The summed E-state index contributed by atoms with van der Waals surface area (Å²) in [6.45, 7) is 4.94. The van der Waals surface area contributed by atoms with Crippen LogP contribution < -0.4 is 19.5 Å². The van der Waals surface area contributed by atoms with Gasteiger partial charge in [0.15, 0.2) is 11.5 Å². The van der Waals surface area contributed by atoms with Crippen molar-refractivity contribution in [3.63, 3.8) is 0 Å². The molecule has 0 saturated heterocycles. The lowest BCUT2D eigenvalue weighted by Gasteiger charge is -2.13. The molecule has 0 aliphatic carbocycles. The standard InChI is InChI=1S/C25H25N3O3/c1-16-5-6-18(17(2)11-16)14-27-25-8-7-19(15-28-25)31-22-9-10-26-21-13-24(30-4)23(29-3)12-20(21)22/h5-13,15H,14H2,1-4H3,(H,27,28). The number of ether oxygens (including phenoxy) is 3. The van der Waals surface area contributed by atoms with E-state index in [1.54, 1.807) is 26.6 Å². The largest absolute Gasteiger partial charge is 0.493 e. The molecule has 0 aliphatic rings. The minimum Gasteiger partial charge on any atom is -0.493 e. The molecule has 0 atom stereocenters. The van der Waals surface area contributed by atoms with Gasteiger partial charge in [-0.15, -0.1) is 0 Å². The number of nitrogens with zero attached hydrogens (tertiary/aromatic N) is 2. The number of nitrogens with one attached hydrogen (secondary N) is 1. The van der Waals surface area contributed by atoms with Gasteiger partial charge in [0.2, 0.25) is 0 Å². The molecule has 0 aliphatic heterocycles. The van der Waals surface area contributed by atoms with E-state index in [4.69, 9.17) is 14.2 Å². The second kappa shape index (κ2) is 8.92. The van der Waals surface area contributed by atoms with Crippen molar-refractivity contribution in [1.29, 1.82) is 0 Å². The van der Waals surface area contributed by atoms with Crippen LogP contribution in [0.15, 0.2) is 60.9 Å². The molecule has 0 amide bonds. The maximum atomic E-state index is 6.09. The molecule has 4 aromatic rings. The molecule has 4 rings (SSSR count). The Morgan fingerprint density at radius 3 is 2.35 bits per heavy atom. The number of rotatable bonds is 7. The van der Waals surface area contributed by atoms with Crippen LogP contribution in [-0.2, 0) is 6.54 Å². The summed E-state index contributed by atoms with van der Waals surface area (Å²) in [7, 11) is 3.21. The Kier molecular flexibility index (Phi) is 5.89. The van der Waals surface area contributed by atoms with Crippen LogP contribution in [-0.4, -0.2) is 24.2 Å². The summed E-state index contributed by atoms with van der Waals surface area (Å²) >= 11 is 0. The average Bonchev–Trinajstić information content (AvgIpc) is 2.78. The van der Waals surface area contributed by atoms with E-state index in [0.29, 0.717) is 23.0 Å². The van der Waals surface area contributed by atoms with Crippen molar-refractivity contribution in [3.8, 4) is 23.0 Å². The molecule has 2 aromatic heterocycles. The van der Waals surface area contributed by atoms with Crippen LogP contribution in [0.5, 0.6) is 23.0 Å². The van der Waals surface area contributed by atoms with Crippen LogP contribution in [0.2, 0.25) is 0 Å². The van der Waals surface area contributed by atoms with Gasteiger partial charge in [-0.3, -0.25) is 4.98 Å². The first kappa shape index (κ1) is 20.5. The van der Waals surface area contributed by atoms with Crippen LogP contribution in [0.1, 0.15) is 16.7 Å². The maximum Gasteiger partial charge on any atom is 0.162 e. The summed E-state index contributed by atoms with van der Waals surface area (Å²) in [5.74, 6) is 3.35. The minimum atomic E-state index is 0.622. The predicted molar refractivity (Wildman–Crippen MR) is 122 cm³/mol.